The van der Waals surface area contributed by atoms with Crippen molar-refractivity contribution in [3.63, 3.8) is 0 Å². The molecule has 0 saturated heterocycles. The van der Waals surface area contributed by atoms with Gasteiger partial charge >= 0.3 is 24.2 Å². The van der Waals surface area contributed by atoms with Crippen LogP contribution in [0.4, 0.5) is 59.7 Å². The molecule has 4 rings (SSSR count). The molecule has 0 aliphatic carbocycles. The van der Waals surface area contributed by atoms with Gasteiger partial charge in [0.25, 0.3) is 11.8 Å². The van der Waals surface area contributed by atoms with E-state index in [1.165, 1.54) is 12.3 Å². The molecule has 1 aliphatic rings. The van der Waals surface area contributed by atoms with Gasteiger partial charge in [-0.1, -0.05) is 6.07 Å². The molecule has 1 aliphatic heterocycles. The van der Waals surface area contributed by atoms with Gasteiger partial charge in [-0.15, -0.1) is 0 Å². The second kappa shape index (κ2) is 10.5. The molecule has 2 aromatic carbocycles. The van der Waals surface area contributed by atoms with Gasteiger partial charge in [0.15, 0.2) is 5.82 Å². The van der Waals surface area contributed by atoms with Gasteiger partial charge < -0.3 is 5.32 Å². The summed E-state index contributed by atoms with van der Waals surface area (Å²) in [5.41, 5.74) is -13.7. The summed E-state index contributed by atoms with van der Waals surface area (Å²) in [6.45, 7) is -0.236. The molecule has 1 N–H and O–H groups in total. The number of hydrogen-bond donors (Lipinski definition) is 1. The smallest absolute Gasteiger partial charge is 0.320 e. The molecule has 1 aromatic heterocycles. The van der Waals surface area contributed by atoms with Crippen molar-refractivity contribution in [2.75, 3.05) is 10.4 Å². The molecule has 18 heteroatoms. The number of pyridine rings is 1. The summed E-state index contributed by atoms with van der Waals surface area (Å²) in [7, 11) is 0. The Kier molecular flexibility index (Phi) is 7.77. The molecular weight excluding hydrogens is 667 g/mol. The standard InChI is InChI=1S/C24H11BrF11N3O3/c25-15-7-11(21(27,23(31,32)33)24(34,35)36)6-14(22(28,29)30)18(15)38-19(40)12-2-1-3-16(17(12)26)39-20(41)13-8-37-5-4-10(13)9-42-39/h1-8H,9H2,(H,38,40). The van der Waals surface area contributed by atoms with Crippen molar-refractivity contribution in [3.05, 3.63) is 86.9 Å². The number of hydrogen-bond acceptors (Lipinski definition) is 4. The minimum Gasteiger partial charge on any atom is -0.320 e. The minimum absolute atomic E-state index is 0.0125. The lowest BCUT2D eigenvalue weighted by molar-refractivity contribution is -0.348. The molecule has 2 amide bonds. The van der Waals surface area contributed by atoms with Crippen LogP contribution in [0, 0.1) is 5.82 Å². The Bertz CT molecular complexity index is 1560. The highest BCUT2D eigenvalue weighted by Crippen LogP contribution is 2.55. The molecule has 224 valence electrons. The zero-order valence-corrected chi connectivity index (χ0v) is 21.6. The first-order valence-electron chi connectivity index (χ1n) is 11.0. The fraction of sp³-hybridized carbons (Fsp3) is 0.208. The third kappa shape index (κ3) is 5.28. The molecular formula is C24H11BrF11N3O3. The largest absolute Gasteiger partial charge is 0.435 e. The van der Waals surface area contributed by atoms with E-state index in [9.17, 15) is 53.5 Å². The molecule has 0 radical (unpaired) electrons. The van der Waals surface area contributed by atoms with Gasteiger partial charge in [0.1, 0.15) is 12.3 Å². The van der Waals surface area contributed by atoms with E-state index in [4.69, 9.17) is 4.84 Å². The number of fused-ring (bicyclic) bond motifs is 1. The van der Waals surface area contributed by atoms with Crippen LogP contribution in [0.1, 0.15) is 37.4 Å². The van der Waals surface area contributed by atoms with Crippen molar-refractivity contribution < 1.29 is 62.7 Å². The molecule has 3 aromatic rings. The maximum atomic E-state index is 15.4. The van der Waals surface area contributed by atoms with E-state index in [1.807, 2.05) is 0 Å². The van der Waals surface area contributed by atoms with Crippen LogP contribution in [-0.4, -0.2) is 29.2 Å². The Hall–Kier alpha value is -3.80. The van der Waals surface area contributed by atoms with Crippen molar-refractivity contribution in [1.82, 2.24) is 4.98 Å². The van der Waals surface area contributed by atoms with Crippen LogP contribution < -0.4 is 10.4 Å². The Labute approximate surface area is 235 Å². The first kappa shape index (κ1) is 31.1. The predicted octanol–water partition coefficient (Wildman–Crippen LogP) is 7.64. The van der Waals surface area contributed by atoms with E-state index >= 15 is 4.39 Å². The molecule has 6 nitrogen and oxygen atoms in total. The maximum absolute atomic E-state index is 15.4. The summed E-state index contributed by atoms with van der Waals surface area (Å²) in [4.78, 5) is 34.6. The summed E-state index contributed by atoms with van der Waals surface area (Å²) >= 11 is 2.35. The number of carbonyl (C=O) groups is 2. The average Bonchev–Trinajstić information content (AvgIpc) is 2.88. The first-order chi connectivity index (χ1) is 19.3. The normalized spacial score (nSPS) is 14.6. The molecule has 0 saturated carbocycles. The monoisotopic (exact) mass is 677 g/mol. The summed E-state index contributed by atoms with van der Waals surface area (Å²) in [5, 5.41) is 2.03. The van der Waals surface area contributed by atoms with Gasteiger partial charge in [0.2, 0.25) is 0 Å². The van der Waals surface area contributed by atoms with E-state index < -0.39 is 80.4 Å². The molecule has 2 heterocycles. The summed E-state index contributed by atoms with van der Waals surface area (Å²) in [6, 6.07) is 3.18. The van der Waals surface area contributed by atoms with Crippen LogP contribution in [0.3, 0.4) is 0 Å². The average molecular weight is 678 g/mol. The fourth-order valence-electron chi connectivity index (χ4n) is 3.90. The van der Waals surface area contributed by atoms with Crippen molar-refractivity contribution in [1.29, 1.82) is 0 Å². The number of nitrogens with zero attached hydrogens (tertiary/aromatic N) is 2. The van der Waals surface area contributed by atoms with Crippen molar-refractivity contribution in [3.8, 4) is 0 Å². The highest BCUT2D eigenvalue weighted by atomic mass is 79.9. The van der Waals surface area contributed by atoms with Crippen LogP contribution in [0.2, 0.25) is 0 Å². The van der Waals surface area contributed by atoms with Gasteiger partial charge in [-0.3, -0.25) is 19.4 Å². The van der Waals surface area contributed by atoms with E-state index in [0.717, 1.165) is 24.4 Å². The number of nitrogens with one attached hydrogen (secondary N) is 1. The molecule has 0 fully saturated rings. The molecule has 0 atom stereocenters. The highest BCUT2D eigenvalue weighted by molar-refractivity contribution is 9.10. The topological polar surface area (TPSA) is 71.5 Å². The zero-order chi connectivity index (χ0) is 31.4. The SMILES string of the molecule is O=C(Nc1c(Br)cc(C(F)(C(F)(F)F)C(F)(F)F)cc1C(F)(F)F)c1cccc(N2OCc3ccncc3C2=O)c1F. The molecule has 0 spiro atoms. The number of alkyl halides is 10. The second-order valence-electron chi connectivity index (χ2n) is 8.53. The lowest BCUT2D eigenvalue weighted by Crippen LogP contribution is -2.50. The number of hydroxylamine groups is 1. The van der Waals surface area contributed by atoms with E-state index in [1.54, 1.807) is 5.32 Å². The predicted molar refractivity (Wildman–Crippen MR) is 124 cm³/mol. The minimum atomic E-state index is -6.73. The van der Waals surface area contributed by atoms with Gasteiger partial charge in [-0.05, 0) is 51.8 Å². The quantitative estimate of drug-likeness (QED) is 0.288. The molecule has 0 bridgehead atoms. The lowest BCUT2D eigenvalue weighted by Gasteiger charge is -2.31. The summed E-state index contributed by atoms with van der Waals surface area (Å²) in [5.74, 6) is -4.07. The second-order valence-corrected chi connectivity index (χ2v) is 9.39. The molecule has 0 unspecified atom stereocenters. The first-order valence-corrected chi connectivity index (χ1v) is 11.8. The maximum Gasteiger partial charge on any atom is 0.435 e. The summed E-state index contributed by atoms with van der Waals surface area (Å²) in [6.07, 6.45) is -16.7. The van der Waals surface area contributed by atoms with Gasteiger partial charge in [0, 0.05) is 22.4 Å². The van der Waals surface area contributed by atoms with E-state index in [0.29, 0.717) is 10.6 Å². The Morgan fingerprint density at radius 1 is 0.976 bits per heavy atom. The number of amides is 2. The molecule has 42 heavy (non-hydrogen) atoms. The van der Waals surface area contributed by atoms with Crippen LogP contribution >= 0.6 is 15.9 Å². The number of carbonyl (C=O) groups excluding carboxylic acids is 2. The van der Waals surface area contributed by atoms with Gasteiger partial charge in [0.05, 0.1) is 22.4 Å². The van der Waals surface area contributed by atoms with Crippen molar-refractivity contribution in [2.24, 2.45) is 0 Å². The van der Waals surface area contributed by atoms with Gasteiger partial charge in [-0.2, -0.15) is 44.6 Å². The number of aromatic nitrogens is 1. The highest BCUT2D eigenvalue weighted by Gasteiger charge is 2.73. The fourth-order valence-corrected chi connectivity index (χ4v) is 4.46. The van der Waals surface area contributed by atoms with Crippen LogP contribution in [0.5, 0.6) is 0 Å². The van der Waals surface area contributed by atoms with Gasteiger partial charge in [-0.25, -0.2) is 8.78 Å². The lowest BCUT2D eigenvalue weighted by atomic mass is 9.92. The third-order valence-electron chi connectivity index (χ3n) is 5.93. The zero-order valence-electron chi connectivity index (χ0n) is 20.0. The number of benzene rings is 2. The number of halogens is 12. The van der Waals surface area contributed by atoms with Crippen LogP contribution in [-0.2, 0) is 23.3 Å². The Morgan fingerprint density at radius 3 is 2.21 bits per heavy atom. The third-order valence-corrected chi connectivity index (χ3v) is 6.56. The van der Waals surface area contributed by atoms with E-state index in [2.05, 4.69) is 20.9 Å². The van der Waals surface area contributed by atoms with Crippen molar-refractivity contribution in [2.45, 2.75) is 30.8 Å². The van der Waals surface area contributed by atoms with Crippen LogP contribution in [0.25, 0.3) is 0 Å². The number of anilines is 2. The Balaban J connectivity index is 1.76. The van der Waals surface area contributed by atoms with Crippen LogP contribution in [0.15, 0.2) is 53.3 Å². The number of rotatable bonds is 4. The van der Waals surface area contributed by atoms with Crippen molar-refractivity contribution >= 4 is 39.1 Å². The van der Waals surface area contributed by atoms with E-state index in [-0.39, 0.29) is 18.2 Å². The Morgan fingerprint density at radius 2 is 1.62 bits per heavy atom. The summed E-state index contributed by atoms with van der Waals surface area (Å²) < 4.78 is 149.